The molecule has 1 aliphatic heterocycles. The zero-order chi connectivity index (χ0) is 18.7. The lowest BCUT2D eigenvalue weighted by Crippen LogP contribution is -2.31. The highest BCUT2D eigenvalue weighted by atomic mass is 16.5. The number of ether oxygens (including phenoxy) is 2. The predicted molar refractivity (Wildman–Crippen MR) is 92.6 cm³/mol. The van der Waals surface area contributed by atoms with Gasteiger partial charge < -0.3 is 20.5 Å². The number of benzene rings is 1. The molecule has 2 atom stereocenters. The van der Waals surface area contributed by atoms with E-state index in [0.29, 0.717) is 23.4 Å². The molecule has 1 saturated heterocycles. The molecule has 8 heteroatoms. The van der Waals surface area contributed by atoms with Crippen LogP contribution < -0.4 is 20.5 Å². The lowest BCUT2D eigenvalue weighted by Gasteiger charge is -2.14. The molecule has 0 bridgehead atoms. The van der Waals surface area contributed by atoms with Crippen molar-refractivity contribution in [3.05, 3.63) is 30.0 Å². The highest BCUT2D eigenvalue weighted by molar-refractivity contribution is 6.01. The largest absolute Gasteiger partial charge is 0.496 e. The number of nitrogens with two attached hydrogens (primary N) is 1. The lowest BCUT2D eigenvalue weighted by atomic mass is 10.0. The molecule has 26 heavy (non-hydrogen) atoms. The molecular weight excluding hydrogens is 336 g/mol. The molecule has 1 aromatic heterocycles. The van der Waals surface area contributed by atoms with Crippen LogP contribution in [0.4, 0.5) is 0 Å². The molecule has 8 nitrogen and oxygen atoms in total. The standard InChI is InChI=1S/C18H18N4O4/c1-25-15-8-13-10(7-14(15)16(20)23)3-5-21-18(13)26-9-12-6-11(2-4-19)17(24)22-12/h3,5,7-8,11-12H,2,6,9H2,1H3,(H2,20,23)(H,22,24)/t11-,12+/m1/s1. The topological polar surface area (TPSA) is 127 Å². The van der Waals surface area contributed by atoms with Crippen molar-refractivity contribution in [2.45, 2.75) is 18.9 Å². The lowest BCUT2D eigenvalue weighted by molar-refractivity contribution is -0.122. The summed E-state index contributed by atoms with van der Waals surface area (Å²) in [6.07, 6.45) is 2.31. The summed E-state index contributed by atoms with van der Waals surface area (Å²) in [5.41, 5.74) is 5.66. The third-order valence-corrected chi connectivity index (χ3v) is 4.36. The van der Waals surface area contributed by atoms with Crippen molar-refractivity contribution in [3.8, 4) is 17.7 Å². The van der Waals surface area contributed by atoms with Gasteiger partial charge in [0.2, 0.25) is 11.8 Å². The average molecular weight is 354 g/mol. The molecule has 2 heterocycles. The molecular formula is C18H18N4O4. The van der Waals surface area contributed by atoms with Crippen LogP contribution in [0, 0.1) is 17.2 Å². The maximum Gasteiger partial charge on any atom is 0.252 e. The molecule has 2 aromatic rings. The molecule has 3 rings (SSSR count). The molecule has 0 radical (unpaired) electrons. The van der Waals surface area contributed by atoms with Crippen molar-refractivity contribution in [1.29, 1.82) is 5.26 Å². The Hall–Kier alpha value is -3.34. The Morgan fingerprint density at radius 2 is 2.31 bits per heavy atom. The van der Waals surface area contributed by atoms with Gasteiger partial charge in [-0.25, -0.2) is 4.98 Å². The number of aromatic nitrogens is 1. The zero-order valence-electron chi connectivity index (χ0n) is 14.2. The number of carbonyl (C=O) groups excluding carboxylic acids is 2. The van der Waals surface area contributed by atoms with Crippen LogP contribution in [-0.4, -0.2) is 36.6 Å². The van der Waals surface area contributed by atoms with Crippen LogP contribution in [0.3, 0.4) is 0 Å². The molecule has 0 spiro atoms. The maximum atomic E-state index is 11.8. The van der Waals surface area contributed by atoms with E-state index in [9.17, 15) is 9.59 Å². The van der Waals surface area contributed by atoms with Gasteiger partial charge in [0, 0.05) is 18.0 Å². The number of primary amides is 1. The number of methoxy groups -OCH3 is 1. The number of rotatable bonds is 6. The molecule has 0 aliphatic carbocycles. The number of amides is 2. The first-order chi connectivity index (χ1) is 12.5. The zero-order valence-corrected chi connectivity index (χ0v) is 14.2. The van der Waals surface area contributed by atoms with E-state index < -0.39 is 5.91 Å². The highest BCUT2D eigenvalue weighted by Gasteiger charge is 2.32. The summed E-state index contributed by atoms with van der Waals surface area (Å²) in [4.78, 5) is 27.6. The molecule has 0 unspecified atom stereocenters. The smallest absolute Gasteiger partial charge is 0.252 e. The van der Waals surface area contributed by atoms with E-state index in [1.54, 1.807) is 24.4 Å². The minimum Gasteiger partial charge on any atom is -0.496 e. The minimum atomic E-state index is -0.583. The maximum absolute atomic E-state index is 11.8. The summed E-state index contributed by atoms with van der Waals surface area (Å²) in [6, 6.07) is 6.87. The van der Waals surface area contributed by atoms with E-state index in [-0.39, 0.29) is 36.5 Å². The fourth-order valence-electron chi connectivity index (χ4n) is 3.05. The molecule has 1 aliphatic rings. The third-order valence-electron chi connectivity index (χ3n) is 4.36. The highest BCUT2D eigenvalue weighted by Crippen LogP contribution is 2.31. The molecule has 1 fully saturated rings. The van der Waals surface area contributed by atoms with E-state index in [0.717, 1.165) is 5.39 Å². The summed E-state index contributed by atoms with van der Waals surface area (Å²) in [6.45, 7) is 0.236. The van der Waals surface area contributed by atoms with Gasteiger partial charge in [-0.15, -0.1) is 0 Å². The second-order valence-electron chi connectivity index (χ2n) is 6.07. The van der Waals surface area contributed by atoms with E-state index >= 15 is 0 Å². The second-order valence-corrected chi connectivity index (χ2v) is 6.07. The van der Waals surface area contributed by atoms with Gasteiger partial charge in [0.25, 0.3) is 5.91 Å². The second kappa shape index (κ2) is 7.27. The predicted octanol–water partition coefficient (Wildman–Crippen LogP) is 1.14. The van der Waals surface area contributed by atoms with Gasteiger partial charge in [-0.3, -0.25) is 9.59 Å². The number of pyridine rings is 1. The first-order valence-corrected chi connectivity index (χ1v) is 8.10. The molecule has 2 amide bonds. The van der Waals surface area contributed by atoms with Crippen LogP contribution in [0.15, 0.2) is 24.4 Å². The molecule has 3 N–H and O–H groups in total. The van der Waals surface area contributed by atoms with E-state index in [4.69, 9.17) is 20.5 Å². The van der Waals surface area contributed by atoms with Gasteiger partial charge in [0.05, 0.1) is 30.7 Å². The Morgan fingerprint density at radius 3 is 3.00 bits per heavy atom. The molecule has 0 saturated carbocycles. The van der Waals surface area contributed by atoms with E-state index in [1.807, 2.05) is 6.07 Å². The number of hydrogen-bond donors (Lipinski definition) is 2. The Kier molecular flexibility index (Phi) is 4.89. The Bertz CT molecular complexity index is 906. The summed E-state index contributed by atoms with van der Waals surface area (Å²) in [7, 11) is 1.45. The van der Waals surface area contributed by atoms with E-state index in [1.165, 1.54) is 7.11 Å². The molecule has 1 aromatic carbocycles. The van der Waals surface area contributed by atoms with Gasteiger partial charge in [-0.1, -0.05) is 0 Å². The number of fused-ring (bicyclic) bond motifs is 1. The van der Waals surface area contributed by atoms with Gasteiger partial charge in [-0.05, 0) is 30.0 Å². The number of nitrogens with one attached hydrogen (secondary N) is 1. The van der Waals surface area contributed by atoms with Gasteiger partial charge in [0.1, 0.15) is 12.4 Å². The van der Waals surface area contributed by atoms with Gasteiger partial charge in [-0.2, -0.15) is 5.26 Å². The summed E-state index contributed by atoms with van der Waals surface area (Å²) < 4.78 is 11.0. The number of hydrogen-bond acceptors (Lipinski definition) is 6. The first-order valence-electron chi connectivity index (χ1n) is 8.10. The number of carbonyl (C=O) groups is 2. The van der Waals surface area contributed by atoms with Crippen LogP contribution >= 0.6 is 0 Å². The van der Waals surface area contributed by atoms with Crippen molar-refractivity contribution in [2.75, 3.05) is 13.7 Å². The van der Waals surface area contributed by atoms with Crippen molar-refractivity contribution < 1.29 is 19.1 Å². The Balaban J connectivity index is 1.81. The normalized spacial score (nSPS) is 19.0. The van der Waals surface area contributed by atoms with Crippen LogP contribution in [0.25, 0.3) is 10.8 Å². The van der Waals surface area contributed by atoms with Gasteiger partial charge >= 0.3 is 0 Å². The summed E-state index contributed by atoms with van der Waals surface area (Å²) in [5, 5.41) is 13.0. The Morgan fingerprint density at radius 1 is 1.50 bits per heavy atom. The van der Waals surface area contributed by atoms with Crippen LogP contribution in [0.5, 0.6) is 11.6 Å². The number of nitriles is 1. The monoisotopic (exact) mass is 354 g/mol. The fraction of sp³-hybridized carbons (Fsp3) is 0.333. The summed E-state index contributed by atoms with van der Waals surface area (Å²) >= 11 is 0. The quantitative estimate of drug-likeness (QED) is 0.801. The van der Waals surface area contributed by atoms with Crippen LogP contribution in [-0.2, 0) is 4.79 Å². The van der Waals surface area contributed by atoms with Crippen LogP contribution in [0.2, 0.25) is 0 Å². The average Bonchev–Trinajstić information content (AvgIpc) is 2.98. The Labute approximate surface area is 149 Å². The van der Waals surface area contributed by atoms with E-state index in [2.05, 4.69) is 10.3 Å². The number of nitrogens with zero attached hydrogens (tertiary/aromatic N) is 2. The van der Waals surface area contributed by atoms with Crippen molar-refractivity contribution in [1.82, 2.24) is 10.3 Å². The summed E-state index contributed by atoms with van der Waals surface area (Å²) in [5.74, 6) is -0.299. The van der Waals surface area contributed by atoms with Crippen LogP contribution in [0.1, 0.15) is 23.2 Å². The fourth-order valence-corrected chi connectivity index (χ4v) is 3.05. The first kappa shape index (κ1) is 17.5. The van der Waals surface area contributed by atoms with Crippen molar-refractivity contribution in [2.24, 2.45) is 11.7 Å². The SMILES string of the molecule is COc1cc2c(OC[C@@H]3C[C@@H](CC#N)C(=O)N3)nccc2cc1C(N)=O. The van der Waals surface area contributed by atoms with Crippen molar-refractivity contribution in [3.63, 3.8) is 0 Å². The minimum absolute atomic E-state index is 0.126. The molecule has 134 valence electrons. The van der Waals surface area contributed by atoms with Gasteiger partial charge in [0.15, 0.2) is 0 Å². The third kappa shape index (κ3) is 3.37. The van der Waals surface area contributed by atoms with Crippen molar-refractivity contribution >= 4 is 22.6 Å².